The van der Waals surface area contributed by atoms with Crippen molar-refractivity contribution in [3.63, 3.8) is 0 Å². The third kappa shape index (κ3) is 3.43. The van der Waals surface area contributed by atoms with Crippen molar-refractivity contribution in [3.05, 3.63) is 52.8 Å². The summed E-state index contributed by atoms with van der Waals surface area (Å²) in [4.78, 5) is 33.2. The Balaban J connectivity index is 1.48. The number of hydrogen-bond acceptors (Lipinski definition) is 5. The first-order chi connectivity index (χ1) is 13.4. The van der Waals surface area contributed by atoms with Crippen molar-refractivity contribution in [3.8, 4) is 10.6 Å². The Hall–Kier alpha value is -3.00. The lowest BCUT2D eigenvalue weighted by Gasteiger charge is -2.33. The molecule has 28 heavy (non-hydrogen) atoms. The van der Waals surface area contributed by atoms with Gasteiger partial charge in [0, 0.05) is 37.3 Å². The van der Waals surface area contributed by atoms with Gasteiger partial charge in [0.15, 0.2) is 0 Å². The molecule has 3 aromatic rings. The zero-order valence-electron chi connectivity index (χ0n) is 16.0. The summed E-state index contributed by atoms with van der Waals surface area (Å²) in [6.07, 6.45) is 3.46. The maximum Gasteiger partial charge on any atom is 0.273 e. The third-order valence-corrected chi connectivity index (χ3v) is 5.72. The molecule has 0 bridgehead atoms. The molecule has 7 nitrogen and oxygen atoms in total. The quantitative estimate of drug-likeness (QED) is 0.684. The minimum Gasteiger partial charge on any atom is -0.326 e. The number of carbonyl (C=O) groups is 2. The largest absolute Gasteiger partial charge is 0.326 e. The highest BCUT2D eigenvalue weighted by Crippen LogP contribution is 2.28. The van der Waals surface area contributed by atoms with Crippen LogP contribution in [-0.2, 0) is 11.8 Å². The third-order valence-electron chi connectivity index (χ3n) is 4.85. The molecule has 2 amide bonds. The standard InChI is InChI=1S/C20H21N5O2S/c1-13-4-5-16(14(2)8-13)19-22-17(12-28-19)20(27)24-6-7-25(18(26)11-24)15-9-21-23(3)10-15/h4-5,8-10,12H,6-7,11H2,1-3H3. The summed E-state index contributed by atoms with van der Waals surface area (Å²) in [7, 11) is 1.81. The van der Waals surface area contributed by atoms with Crippen molar-refractivity contribution in [1.82, 2.24) is 19.7 Å². The van der Waals surface area contributed by atoms with Gasteiger partial charge < -0.3 is 9.80 Å². The SMILES string of the molecule is Cc1ccc(-c2nc(C(=O)N3CCN(c4cnn(C)c4)C(=O)C3)cs2)c(C)c1. The molecule has 144 valence electrons. The summed E-state index contributed by atoms with van der Waals surface area (Å²) >= 11 is 1.45. The van der Waals surface area contributed by atoms with Gasteiger partial charge in [-0.2, -0.15) is 5.10 Å². The number of nitrogens with zero attached hydrogens (tertiary/aromatic N) is 5. The van der Waals surface area contributed by atoms with Crippen LogP contribution < -0.4 is 4.90 Å². The first-order valence-corrected chi connectivity index (χ1v) is 9.92. The minimum atomic E-state index is -0.202. The number of thiazole rings is 1. The Kier molecular flexibility index (Phi) is 4.72. The maximum atomic E-state index is 12.9. The second kappa shape index (κ2) is 7.20. The van der Waals surface area contributed by atoms with E-state index in [4.69, 9.17) is 0 Å². The van der Waals surface area contributed by atoms with Gasteiger partial charge in [-0.15, -0.1) is 11.3 Å². The first kappa shape index (κ1) is 18.4. The van der Waals surface area contributed by atoms with Crippen LogP contribution in [-0.4, -0.2) is 51.1 Å². The molecule has 1 aliphatic heterocycles. The summed E-state index contributed by atoms with van der Waals surface area (Å²) in [5, 5.41) is 6.70. The number of aromatic nitrogens is 3. The monoisotopic (exact) mass is 395 g/mol. The Bertz CT molecular complexity index is 1050. The number of benzene rings is 1. The van der Waals surface area contributed by atoms with Gasteiger partial charge in [0.25, 0.3) is 5.91 Å². The molecule has 4 rings (SSSR count). The van der Waals surface area contributed by atoms with E-state index in [1.807, 2.05) is 26.1 Å². The number of aryl methyl sites for hydroxylation is 3. The van der Waals surface area contributed by atoms with E-state index in [0.29, 0.717) is 18.8 Å². The van der Waals surface area contributed by atoms with Gasteiger partial charge >= 0.3 is 0 Å². The molecule has 1 aromatic carbocycles. The van der Waals surface area contributed by atoms with Gasteiger partial charge in [0.05, 0.1) is 11.9 Å². The highest BCUT2D eigenvalue weighted by atomic mass is 32.1. The number of anilines is 1. The van der Waals surface area contributed by atoms with Crippen LogP contribution in [0.5, 0.6) is 0 Å². The second-order valence-corrected chi connectivity index (χ2v) is 7.86. The fourth-order valence-electron chi connectivity index (χ4n) is 3.38. The summed E-state index contributed by atoms with van der Waals surface area (Å²) in [6, 6.07) is 6.18. The predicted octanol–water partition coefficient (Wildman–Crippen LogP) is 2.65. The smallest absolute Gasteiger partial charge is 0.273 e. The molecule has 0 N–H and O–H groups in total. The average molecular weight is 395 g/mol. The maximum absolute atomic E-state index is 12.9. The lowest BCUT2D eigenvalue weighted by molar-refractivity contribution is -0.120. The predicted molar refractivity (Wildman–Crippen MR) is 108 cm³/mol. The van der Waals surface area contributed by atoms with Crippen LogP contribution >= 0.6 is 11.3 Å². The van der Waals surface area contributed by atoms with Crippen molar-refractivity contribution in [2.75, 3.05) is 24.5 Å². The number of amides is 2. The molecule has 0 unspecified atom stereocenters. The Labute approximate surface area is 167 Å². The molecule has 0 atom stereocenters. The fourth-order valence-corrected chi connectivity index (χ4v) is 4.26. The molecule has 8 heteroatoms. The van der Waals surface area contributed by atoms with Gasteiger partial charge in [-0.25, -0.2) is 4.98 Å². The van der Waals surface area contributed by atoms with E-state index in [-0.39, 0.29) is 18.4 Å². The molecule has 1 fully saturated rings. The van der Waals surface area contributed by atoms with Gasteiger partial charge in [0.2, 0.25) is 5.91 Å². The minimum absolute atomic E-state index is 0.0458. The Morgan fingerprint density at radius 2 is 2.04 bits per heavy atom. The van der Waals surface area contributed by atoms with Crippen molar-refractivity contribution in [1.29, 1.82) is 0 Å². The van der Waals surface area contributed by atoms with Gasteiger partial charge in [0.1, 0.15) is 17.2 Å². The zero-order chi connectivity index (χ0) is 19.8. The second-order valence-electron chi connectivity index (χ2n) is 7.00. The molecular formula is C20H21N5O2S. The van der Waals surface area contributed by atoms with Gasteiger partial charge in [-0.05, 0) is 19.4 Å². The molecule has 0 spiro atoms. The normalized spacial score (nSPS) is 14.6. The van der Waals surface area contributed by atoms with Crippen molar-refractivity contribution < 1.29 is 9.59 Å². The van der Waals surface area contributed by atoms with Crippen LogP contribution in [0.2, 0.25) is 0 Å². The topological polar surface area (TPSA) is 71.3 Å². The van der Waals surface area contributed by atoms with E-state index in [1.54, 1.807) is 32.3 Å². The summed E-state index contributed by atoms with van der Waals surface area (Å²) in [6.45, 7) is 5.06. The molecule has 1 saturated heterocycles. The van der Waals surface area contributed by atoms with Crippen LogP contribution in [0.3, 0.4) is 0 Å². The van der Waals surface area contributed by atoms with Crippen LogP contribution in [0.25, 0.3) is 10.6 Å². The molecule has 0 saturated carbocycles. The average Bonchev–Trinajstić information content (AvgIpc) is 3.30. The molecule has 1 aliphatic rings. The molecular weight excluding hydrogens is 374 g/mol. The van der Waals surface area contributed by atoms with E-state index >= 15 is 0 Å². The number of hydrogen-bond donors (Lipinski definition) is 0. The first-order valence-electron chi connectivity index (χ1n) is 9.04. The number of carbonyl (C=O) groups excluding carboxylic acids is 2. The van der Waals surface area contributed by atoms with Crippen molar-refractivity contribution in [2.24, 2.45) is 7.05 Å². The number of rotatable bonds is 3. The lowest BCUT2D eigenvalue weighted by atomic mass is 10.1. The van der Waals surface area contributed by atoms with Crippen LogP contribution in [0.15, 0.2) is 36.0 Å². The lowest BCUT2D eigenvalue weighted by Crippen LogP contribution is -2.52. The van der Waals surface area contributed by atoms with Crippen molar-refractivity contribution >= 4 is 28.8 Å². The van der Waals surface area contributed by atoms with E-state index in [2.05, 4.69) is 23.1 Å². The van der Waals surface area contributed by atoms with E-state index in [1.165, 1.54) is 16.9 Å². The summed E-state index contributed by atoms with van der Waals surface area (Å²) in [5.41, 5.74) is 4.51. The zero-order valence-corrected chi connectivity index (χ0v) is 16.9. The molecule has 0 radical (unpaired) electrons. The molecule has 0 aliphatic carbocycles. The summed E-state index contributed by atoms with van der Waals surface area (Å²) < 4.78 is 1.66. The molecule has 3 heterocycles. The Morgan fingerprint density at radius 3 is 2.71 bits per heavy atom. The molecule has 2 aromatic heterocycles. The van der Waals surface area contributed by atoms with E-state index in [0.717, 1.165) is 21.8 Å². The van der Waals surface area contributed by atoms with E-state index < -0.39 is 0 Å². The van der Waals surface area contributed by atoms with Crippen LogP contribution in [0.1, 0.15) is 21.6 Å². The fraction of sp³-hybridized carbons (Fsp3) is 0.300. The highest BCUT2D eigenvalue weighted by molar-refractivity contribution is 7.13. The van der Waals surface area contributed by atoms with Crippen LogP contribution in [0.4, 0.5) is 5.69 Å². The van der Waals surface area contributed by atoms with E-state index in [9.17, 15) is 9.59 Å². The summed E-state index contributed by atoms with van der Waals surface area (Å²) in [5.74, 6) is -0.316. The number of piperazine rings is 1. The Morgan fingerprint density at radius 1 is 1.21 bits per heavy atom. The van der Waals surface area contributed by atoms with Crippen LogP contribution in [0, 0.1) is 13.8 Å². The van der Waals surface area contributed by atoms with Gasteiger partial charge in [-0.1, -0.05) is 23.8 Å². The van der Waals surface area contributed by atoms with Gasteiger partial charge in [-0.3, -0.25) is 14.3 Å². The van der Waals surface area contributed by atoms with Crippen molar-refractivity contribution in [2.45, 2.75) is 13.8 Å². The highest BCUT2D eigenvalue weighted by Gasteiger charge is 2.30.